The third-order valence-electron chi connectivity index (χ3n) is 4.13. The predicted octanol–water partition coefficient (Wildman–Crippen LogP) is 3.75. The molecule has 1 aliphatic heterocycles. The van der Waals surface area contributed by atoms with Crippen LogP contribution in [0.2, 0.25) is 0 Å². The van der Waals surface area contributed by atoms with Gasteiger partial charge in [-0.15, -0.1) is 24.0 Å². The zero-order valence-electron chi connectivity index (χ0n) is 14.9. The Kier molecular flexibility index (Phi) is 8.37. The summed E-state index contributed by atoms with van der Waals surface area (Å²) >= 11 is 1.69. The standard InChI is InChI=1S/C19H24N4OS.HI/c1-2-20-19(22-13-16-9-11-25-14-16)21-12-15-5-7-17(8-6-15)23-10-3-4-18(23)24;/h5-9,11,14H,2-4,10,12-13H2,1H3,(H2,20,21,22);1H. The third kappa shape index (κ3) is 5.70. The zero-order chi connectivity index (χ0) is 17.5. The van der Waals surface area contributed by atoms with Gasteiger partial charge in [0.15, 0.2) is 5.96 Å². The molecule has 5 nitrogen and oxygen atoms in total. The first-order valence-electron chi connectivity index (χ1n) is 8.69. The monoisotopic (exact) mass is 484 g/mol. The van der Waals surface area contributed by atoms with Crippen molar-refractivity contribution in [3.05, 3.63) is 52.2 Å². The summed E-state index contributed by atoms with van der Waals surface area (Å²) in [7, 11) is 0. The van der Waals surface area contributed by atoms with Crippen molar-refractivity contribution < 1.29 is 4.79 Å². The SMILES string of the molecule is CCNC(=NCc1ccsc1)NCc1ccc(N2CCCC2=O)cc1.I. The zero-order valence-corrected chi connectivity index (χ0v) is 18.1. The number of carbonyl (C=O) groups excluding carboxylic acids is 1. The van der Waals surface area contributed by atoms with E-state index >= 15 is 0 Å². The summed E-state index contributed by atoms with van der Waals surface area (Å²) in [6.07, 6.45) is 1.62. The molecule has 1 aromatic carbocycles. The summed E-state index contributed by atoms with van der Waals surface area (Å²) in [6.45, 7) is 5.09. The van der Waals surface area contributed by atoms with Crippen molar-refractivity contribution >= 4 is 52.9 Å². The number of benzene rings is 1. The molecule has 0 atom stereocenters. The van der Waals surface area contributed by atoms with Gasteiger partial charge >= 0.3 is 0 Å². The average Bonchev–Trinajstić information content (AvgIpc) is 3.29. The Hall–Kier alpha value is -1.61. The summed E-state index contributed by atoms with van der Waals surface area (Å²) in [6, 6.07) is 10.3. The van der Waals surface area contributed by atoms with Gasteiger partial charge in [-0.3, -0.25) is 4.79 Å². The molecule has 0 bridgehead atoms. The number of nitrogens with one attached hydrogen (secondary N) is 2. The van der Waals surface area contributed by atoms with Crippen molar-refractivity contribution in [2.24, 2.45) is 4.99 Å². The lowest BCUT2D eigenvalue weighted by Gasteiger charge is -2.16. The van der Waals surface area contributed by atoms with Gasteiger partial charge in [0.1, 0.15) is 0 Å². The van der Waals surface area contributed by atoms with Gasteiger partial charge in [0, 0.05) is 31.7 Å². The Morgan fingerprint density at radius 1 is 1.19 bits per heavy atom. The van der Waals surface area contributed by atoms with Crippen LogP contribution in [0.5, 0.6) is 0 Å². The molecule has 0 saturated carbocycles. The summed E-state index contributed by atoms with van der Waals surface area (Å²) in [5, 5.41) is 10.8. The first-order valence-corrected chi connectivity index (χ1v) is 9.63. The largest absolute Gasteiger partial charge is 0.357 e. The van der Waals surface area contributed by atoms with Crippen molar-refractivity contribution in [3.8, 4) is 0 Å². The second kappa shape index (κ2) is 10.5. The van der Waals surface area contributed by atoms with Crippen LogP contribution in [0.3, 0.4) is 0 Å². The van der Waals surface area contributed by atoms with E-state index in [-0.39, 0.29) is 29.9 Å². The fraction of sp³-hybridized carbons (Fsp3) is 0.368. The maximum Gasteiger partial charge on any atom is 0.227 e. The number of hydrogen-bond acceptors (Lipinski definition) is 3. The first kappa shape index (κ1) is 20.7. The molecule has 1 aliphatic rings. The maximum atomic E-state index is 11.8. The normalized spacial score (nSPS) is 14.3. The van der Waals surface area contributed by atoms with Crippen LogP contribution in [0.15, 0.2) is 46.1 Å². The Labute approximate surface area is 175 Å². The van der Waals surface area contributed by atoms with Gasteiger partial charge in [0.25, 0.3) is 0 Å². The molecule has 1 amide bonds. The van der Waals surface area contributed by atoms with E-state index in [1.54, 1.807) is 11.3 Å². The fourth-order valence-electron chi connectivity index (χ4n) is 2.80. The molecule has 3 rings (SSSR count). The van der Waals surface area contributed by atoms with Gasteiger partial charge in [0.05, 0.1) is 6.54 Å². The van der Waals surface area contributed by atoms with E-state index in [0.29, 0.717) is 19.5 Å². The molecular weight excluding hydrogens is 459 g/mol. The van der Waals surface area contributed by atoms with E-state index in [4.69, 9.17) is 0 Å². The molecule has 2 heterocycles. The smallest absolute Gasteiger partial charge is 0.227 e. The van der Waals surface area contributed by atoms with Crippen molar-refractivity contribution in [2.45, 2.75) is 32.9 Å². The molecule has 7 heteroatoms. The summed E-state index contributed by atoms with van der Waals surface area (Å²) in [5.41, 5.74) is 3.38. The summed E-state index contributed by atoms with van der Waals surface area (Å²) in [4.78, 5) is 18.3. The molecule has 0 spiro atoms. The third-order valence-corrected chi connectivity index (χ3v) is 4.86. The molecule has 0 radical (unpaired) electrons. The highest BCUT2D eigenvalue weighted by Crippen LogP contribution is 2.21. The number of thiophene rings is 1. The molecule has 26 heavy (non-hydrogen) atoms. The Balaban J connectivity index is 0.00000243. The summed E-state index contributed by atoms with van der Waals surface area (Å²) in [5.74, 6) is 1.04. The van der Waals surface area contributed by atoms with Gasteiger partial charge in [-0.2, -0.15) is 11.3 Å². The minimum absolute atomic E-state index is 0. The lowest BCUT2D eigenvalue weighted by Crippen LogP contribution is -2.36. The van der Waals surface area contributed by atoms with Crippen LogP contribution >= 0.6 is 35.3 Å². The maximum absolute atomic E-state index is 11.8. The van der Waals surface area contributed by atoms with Gasteiger partial charge in [-0.05, 0) is 53.4 Å². The van der Waals surface area contributed by atoms with Gasteiger partial charge in [-0.1, -0.05) is 12.1 Å². The number of aliphatic imine (C=N–C) groups is 1. The Morgan fingerprint density at radius 3 is 2.62 bits per heavy atom. The van der Waals surface area contributed by atoms with Crippen LogP contribution in [0.4, 0.5) is 5.69 Å². The molecule has 0 aliphatic carbocycles. The number of rotatable bonds is 6. The molecule has 0 unspecified atom stereocenters. The van der Waals surface area contributed by atoms with Crippen LogP contribution in [0, 0.1) is 0 Å². The highest BCUT2D eigenvalue weighted by atomic mass is 127. The van der Waals surface area contributed by atoms with E-state index in [1.807, 2.05) is 17.0 Å². The van der Waals surface area contributed by atoms with Crippen LogP contribution in [-0.2, 0) is 17.9 Å². The lowest BCUT2D eigenvalue weighted by atomic mass is 10.2. The number of nitrogens with zero attached hydrogens (tertiary/aromatic N) is 2. The second-order valence-corrected chi connectivity index (χ2v) is 6.78. The molecule has 2 aromatic rings. The van der Waals surface area contributed by atoms with E-state index < -0.39 is 0 Å². The second-order valence-electron chi connectivity index (χ2n) is 6.00. The van der Waals surface area contributed by atoms with E-state index in [9.17, 15) is 4.79 Å². The summed E-state index contributed by atoms with van der Waals surface area (Å²) < 4.78 is 0. The minimum Gasteiger partial charge on any atom is -0.357 e. The lowest BCUT2D eigenvalue weighted by molar-refractivity contribution is -0.117. The number of amides is 1. The first-order chi connectivity index (χ1) is 12.3. The van der Waals surface area contributed by atoms with Gasteiger partial charge in [-0.25, -0.2) is 4.99 Å². The number of anilines is 1. The molecule has 1 aromatic heterocycles. The van der Waals surface area contributed by atoms with E-state index in [0.717, 1.165) is 36.7 Å². The quantitative estimate of drug-likeness (QED) is 0.373. The van der Waals surface area contributed by atoms with Crippen molar-refractivity contribution in [1.29, 1.82) is 0 Å². The molecular formula is C19H25IN4OS. The average molecular weight is 484 g/mol. The predicted molar refractivity (Wildman–Crippen MR) is 119 cm³/mol. The molecule has 1 fully saturated rings. The van der Waals surface area contributed by atoms with Crippen molar-refractivity contribution in [2.75, 3.05) is 18.0 Å². The number of guanidine groups is 1. The number of halogens is 1. The molecule has 1 saturated heterocycles. The molecule has 140 valence electrons. The fourth-order valence-corrected chi connectivity index (χ4v) is 3.46. The number of hydrogen-bond donors (Lipinski definition) is 2. The van der Waals surface area contributed by atoms with E-state index in [2.05, 4.69) is 51.5 Å². The van der Waals surface area contributed by atoms with Crippen LogP contribution in [-0.4, -0.2) is 25.0 Å². The minimum atomic E-state index is 0. The highest BCUT2D eigenvalue weighted by Gasteiger charge is 2.21. The Morgan fingerprint density at radius 2 is 2.00 bits per heavy atom. The number of carbonyl (C=O) groups is 1. The van der Waals surface area contributed by atoms with E-state index in [1.165, 1.54) is 5.56 Å². The Bertz CT molecular complexity index is 716. The van der Waals surface area contributed by atoms with Crippen molar-refractivity contribution in [3.63, 3.8) is 0 Å². The molecule has 2 N–H and O–H groups in total. The van der Waals surface area contributed by atoms with Crippen LogP contribution in [0.25, 0.3) is 0 Å². The van der Waals surface area contributed by atoms with Crippen LogP contribution < -0.4 is 15.5 Å². The van der Waals surface area contributed by atoms with Crippen LogP contribution in [0.1, 0.15) is 30.9 Å². The van der Waals surface area contributed by atoms with Crippen molar-refractivity contribution in [1.82, 2.24) is 10.6 Å². The van der Waals surface area contributed by atoms with Gasteiger partial charge < -0.3 is 15.5 Å². The van der Waals surface area contributed by atoms with Gasteiger partial charge in [0.2, 0.25) is 5.91 Å². The topological polar surface area (TPSA) is 56.7 Å². The highest BCUT2D eigenvalue weighted by molar-refractivity contribution is 14.0.